The molecule has 0 aliphatic carbocycles. The second-order valence-electron chi connectivity index (χ2n) is 4.66. The van der Waals surface area contributed by atoms with Crippen molar-refractivity contribution in [2.45, 2.75) is 38.2 Å². The molecule has 1 aromatic heterocycles. The van der Waals surface area contributed by atoms with Gasteiger partial charge in [0.15, 0.2) is 0 Å². The first-order chi connectivity index (χ1) is 9.06. The van der Waals surface area contributed by atoms with E-state index in [0.717, 1.165) is 0 Å². The standard InChI is InChI=1S/C12H19N3O4/c1-3-7-6-15(12(18)14-11(7)17)10-4-8(16)9(19-10)5-13-2/h6,8-10,13,16H,3-5H2,1-2H3,(H,14,17,18)/t8?,9-,10-/m0/s1. The fourth-order valence-electron chi connectivity index (χ4n) is 2.26. The highest BCUT2D eigenvalue weighted by molar-refractivity contribution is 5.04. The van der Waals surface area contributed by atoms with Gasteiger partial charge in [0, 0.05) is 24.7 Å². The normalized spacial score (nSPS) is 26.8. The first-order valence-corrected chi connectivity index (χ1v) is 6.39. The van der Waals surface area contributed by atoms with Gasteiger partial charge in [-0.15, -0.1) is 0 Å². The molecule has 1 aliphatic heterocycles. The van der Waals surface area contributed by atoms with Crippen molar-refractivity contribution < 1.29 is 9.84 Å². The number of hydrogen-bond acceptors (Lipinski definition) is 5. The van der Waals surface area contributed by atoms with E-state index in [2.05, 4.69) is 10.3 Å². The minimum Gasteiger partial charge on any atom is -0.390 e. The van der Waals surface area contributed by atoms with Gasteiger partial charge in [-0.2, -0.15) is 0 Å². The summed E-state index contributed by atoms with van der Waals surface area (Å²) in [7, 11) is 1.77. The molecule has 0 amide bonds. The van der Waals surface area contributed by atoms with Gasteiger partial charge in [-0.05, 0) is 13.5 Å². The van der Waals surface area contributed by atoms with Crippen LogP contribution in [0.1, 0.15) is 25.1 Å². The van der Waals surface area contributed by atoms with Crippen LogP contribution in [-0.2, 0) is 11.2 Å². The van der Waals surface area contributed by atoms with E-state index >= 15 is 0 Å². The predicted molar refractivity (Wildman–Crippen MR) is 69.2 cm³/mol. The van der Waals surface area contributed by atoms with Crippen LogP contribution in [0.15, 0.2) is 15.8 Å². The van der Waals surface area contributed by atoms with E-state index < -0.39 is 18.0 Å². The Balaban J connectivity index is 2.28. The molecular weight excluding hydrogens is 250 g/mol. The van der Waals surface area contributed by atoms with Crippen molar-refractivity contribution in [3.05, 3.63) is 32.6 Å². The molecule has 7 heteroatoms. The van der Waals surface area contributed by atoms with Crippen LogP contribution < -0.4 is 16.6 Å². The molecule has 0 aromatic carbocycles. The fraction of sp³-hybridized carbons (Fsp3) is 0.667. The van der Waals surface area contributed by atoms with Crippen molar-refractivity contribution in [3.8, 4) is 0 Å². The lowest BCUT2D eigenvalue weighted by atomic mass is 10.2. The molecule has 2 heterocycles. The Labute approximate surface area is 110 Å². The Morgan fingerprint density at radius 1 is 1.58 bits per heavy atom. The van der Waals surface area contributed by atoms with Gasteiger partial charge in [0.05, 0.1) is 12.2 Å². The summed E-state index contributed by atoms with van der Waals surface area (Å²) in [6.45, 7) is 2.35. The maximum atomic E-state index is 11.8. The third-order valence-corrected chi connectivity index (χ3v) is 3.34. The molecule has 3 atom stereocenters. The van der Waals surface area contributed by atoms with Crippen LogP contribution >= 0.6 is 0 Å². The zero-order valence-electron chi connectivity index (χ0n) is 11.0. The highest BCUT2D eigenvalue weighted by Gasteiger charge is 2.35. The molecule has 106 valence electrons. The number of hydrogen-bond donors (Lipinski definition) is 3. The second-order valence-corrected chi connectivity index (χ2v) is 4.66. The SMILES string of the molecule is CCc1cn([C@@H]2CC(O)[C@H](CNC)O2)c(=O)[nH]c1=O. The highest BCUT2D eigenvalue weighted by atomic mass is 16.5. The van der Waals surface area contributed by atoms with Crippen molar-refractivity contribution >= 4 is 0 Å². The number of rotatable bonds is 4. The van der Waals surface area contributed by atoms with Gasteiger partial charge in [0.1, 0.15) is 6.23 Å². The Morgan fingerprint density at radius 3 is 2.95 bits per heavy atom. The monoisotopic (exact) mass is 269 g/mol. The molecule has 0 radical (unpaired) electrons. The summed E-state index contributed by atoms with van der Waals surface area (Å²) in [6.07, 6.45) is 0.871. The summed E-state index contributed by atoms with van der Waals surface area (Å²) < 4.78 is 7.00. The highest BCUT2D eigenvalue weighted by Crippen LogP contribution is 2.27. The van der Waals surface area contributed by atoms with Crippen molar-refractivity contribution in [2.24, 2.45) is 0 Å². The van der Waals surface area contributed by atoms with Crippen LogP contribution in [0.2, 0.25) is 0 Å². The van der Waals surface area contributed by atoms with Crippen LogP contribution in [-0.4, -0.2) is 40.5 Å². The van der Waals surface area contributed by atoms with Crippen molar-refractivity contribution in [2.75, 3.05) is 13.6 Å². The van der Waals surface area contributed by atoms with Crippen LogP contribution in [0, 0.1) is 0 Å². The molecule has 1 aliphatic rings. The summed E-state index contributed by atoms with van der Waals surface area (Å²) in [5.41, 5.74) is -0.353. The zero-order chi connectivity index (χ0) is 14.0. The topological polar surface area (TPSA) is 96.3 Å². The number of H-pyrrole nitrogens is 1. The number of aromatic nitrogens is 2. The molecule has 0 saturated carbocycles. The summed E-state index contributed by atoms with van der Waals surface area (Å²) in [5, 5.41) is 12.8. The lowest BCUT2D eigenvalue weighted by Crippen LogP contribution is -2.34. The summed E-state index contributed by atoms with van der Waals surface area (Å²) in [4.78, 5) is 25.6. The second kappa shape index (κ2) is 5.68. The minimum atomic E-state index is -0.624. The van der Waals surface area contributed by atoms with Gasteiger partial charge in [-0.25, -0.2) is 4.79 Å². The minimum absolute atomic E-state index is 0.335. The third-order valence-electron chi connectivity index (χ3n) is 3.34. The fourth-order valence-corrected chi connectivity index (χ4v) is 2.26. The molecular formula is C12H19N3O4. The van der Waals surface area contributed by atoms with Gasteiger partial charge in [-0.1, -0.05) is 6.92 Å². The average molecular weight is 269 g/mol. The van der Waals surface area contributed by atoms with E-state index in [1.54, 1.807) is 7.05 Å². The molecule has 0 spiro atoms. The van der Waals surface area contributed by atoms with E-state index in [-0.39, 0.29) is 11.7 Å². The molecule has 3 N–H and O–H groups in total. The molecule has 1 saturated heterocycles. The lowest BCUT2D eigenvalue weighted by Gasteiger charge is -2.16. The van der Waals surface area contributed by atoms with Crippen LogP contribution in [0.4, 0.5) is 0 Å². The Hall–Kier alpha value is -1.44. The van der Waals surface area contributed by atoms with Gasteiger partial charge in [-0.3, -0.25) is 14.3 Å². The first kappa shape index (κ1) is 14.0. The molecule has 2 rings (SSSR count). The van der Waals surface area contributed by atoms with Crippen molar-refractivity contribution in [3.63, 3.8) is 0 Å². The van der Waals surface area contributed by atoms with E-state index in [4.69, 9.17) is 4.74 Å². The maximum absolute atomic E-state index is 11.8. The smallest absolute Gasteiger partial charge is 0.330 e. The van der Waals surface area contributed by atoms with Crippen LogP contribution in [0.5, 0.6) is 0 Å². The molecule has 7 nitrogen and oxygen atoms in total. The molecule has 0 bridgehead atoms. The van der Waals surface area contributed by atoms with Gasteiger partial charge in [0.25, 0.3) is 5.56 Å². The quantitative estimate of drug-likeness (QED) is 0.649. The zero-order valence-corrected chi connectivity index (χ0v) is 11.0. The number of aliphatic hydroxyl groups is 1. The number of likely N-dealkylation sites (N-methyl/N-ethyl adjacent to an activating group) is 1. The number of nitrogens with zero attached hydrogens (tertiary/aromatic N) is 1. The molecule has 1 unspecified atom stereocenters. The van der Waals surface area contributed by atoms with Crippen LogP contribution in [0.3, 0.4) is 0 Å². The van der Waals surface area contributed by atoms with Crippen molar-refractivity contribution in [1.29, 1.82) is 0 Å². The van der Waals surface area contributed by atoms with Gasteiger partial charge < -0.3 is 15.2 Å². The van der Waals surface area contributed by atoms with Gasteiger partial charge in [0.2, 0.25) is 0 Å². The summed E-state index contributed by atoms with van der Waals surface area (Å²) in [5.74, 6) is 0. The van der Waals surface area contributed by atoms with E-state index in [0.29, 0.717) is 24.9 Å². The van der Waals surface area contributed by atoms with Gasteiger partial charge >= 0.3 is 5.69 Å². The maximum Gasteiger partial charge on any atom is 0.330 e. The first-order valence-electron chi connectivity index (χ1n) is 6.39. The number of aryl methyl sites for hydroxylation is 1. The number of aliphatic hydroxyl groups excluding tert-OH is 1. The molecule has 19 heavy (non-hydrogen) atoms. The lowest BCUT2D eigenvalue weighted by molar-refractivity contribution is -0.0184. The third kappa shape index (κ3) is 2.78. The summed E-state index contributed by atoms with van der Waals surface area (Å²) in [6, 6.07) is 0. The number of ether oxygens (including phenoxy) is 1. The Bertz CT molecular complexity index is 551. The predicted octanol–water partition coefficient (Wildman–Crippen LogP) is -1.03. The van der Waals surface area contributed by atoms with Crippen LogP contribution in [0.25, 0.3) is 0 Å². The molecule has 1 aromatic rings. The Kier molecular flexibility index (Phi) is 4.18. The Morgan fingerprint density at radius 2 is 2.32 bits per heavy atom. The average Bonchev–Trinajstić information content (AvgIpc) is 2.71. The number of aromatic amines is 1. The van der Waals surface area contributed by atoms with Crippen molar-refractivity contribution in [1.82, 2.24) is 14.9 Å². The van der Waals surface area contributed by atoms with E-state index in [9.17, 15) is 14.7 Å². The summed E-state index contributed by atoms with van der Waals surface area (Å²) >= 11 is 0. The van der Waals surface area contributed by atoms with E-state index in [1.165, 1.54) is 10.8 Å². The molecule has 1 fully saturated rings. The van der Waals surface area contributed by atoms with E-state index in [1.807, 2.05) is 6.92 Å². The number of nitrogens with one attached hydrogen (secondary N) is 2. The largest absolute Gasteiger partial charge is 0.390 e.